The third-order valence-corrected chi connectivity index (χ3v) is 11.2. The van der Waals surface area contributed by atoms with Gasteiger partial charge in [0.15, 0.2) is 6.10 Å². The molecule has 0 aliphatic rings. The van der Waals surface area contributed by atoms with Crippen molar-refractivity contribution < 1.29 is 37.6 Å². The lowest BCUT2D eigenvalue weighted by atomic mass is 10.0. The van der Waals surface area contributed by atoms with Crippen LogP contribution >= 0.6 is 7.82 Å². The van der Waals surface area contributed by atoms with Crippen molar-refractivity contribution in [1.82, 2.24) is 0 Å². The second-order valence-electron chi connectivity index (χ2n) is 16.0. The molecule has 59 heavy (non-hydrogen) atoms. The zero-order valence-electron chi connectivity index (χ0n) is 38.0. The predicted octanol–water partition coefficient (Wildman–Crippen LogP) is 14.3. The summed E-state index contributed by atoms with van der Waals surface area (Å²) in [4.78, 5) is 35.0. The van der Waals surface area contributed by atoms with Gasteiger partial charge in [-0.05, 0) is 51.4 Å². The summed E-state index contributed by atoms with van der Waals surface area (Å²) >= 11 is 0. The minimum Gasteiger partial charge on any atom is -0.462 e. The van der Waals surface area contributed by atoms with Gasteiger partial charge in [0.1, 0.15) is 6.61 Å². The maximum Gasteiger partial charge on any atom is 0.472 e. The van der Waals surface area contributed by atoms with Crippen LogP contribution < -0.4 is 5.73 Å². The summed E-state index contributed by atoms with van der Waals surface area (Å²) in [6, 6.07) is 0. The molecule has 0 aromatic rings. The maximum absolute atomic E-state index is 12.6. The predicted molar refractivity (Wildman–Crippen MR) is 247 cm³/mol. The summed E-state index contributed by atoms with van der Waals surface area (Å²) < 4.78 is 32.8. The van der Waals surface area contributed by atoms with Gasteiger partial charge < -0.3 is 20.1 Å². The van der Waals surface area contributed by atoms with Crippen molar-refractivity contribution in [3.8, 4) is 0 Å². The lowest BCUT2D eigenvalue weighted by molar-refractivity contribution is -0.161. The summed E-state index contributed by atoms with van der Waals surface area (Å²) in [7, 11) is -4.39. The Kier molecular flexibility index (Phi) is 43.9. The minimum absolute atomic E-state index is 0.0485. The molecule has 0 rings (SSSR count). The van der Waals surface area contributed by atoms with E-state index in [1.807, 2.05) is 0 Å². The molecule has 0 saturated carbocycles. The van der Waals surface area contributed by atoms with Gasteiger partial charge in [0.05, 0.1) is 13.2 Å². The van der Waals surface area contributed by atoms with E-state index in [0.717, 1.165) is 70.6 Å². The van der Waals surface area contributed by atoms with E-state index in [1.54, 1.807) is 0 Å². The summed E-state index contributed by atoms with van der Waals surface area (Å²) in [6.07, 6.45) is 52.9. The standard InChI is InChI=1S/C49H90NO8P/c1-3-5-7-9-11-13-15-17-19-21-22-23-24-26-27-29-31-33-35-37-39-41-48(51)55-45-47(46-57-59(53,54)56-44-43-50)58-49(52)42-40-38-36-34-32-30-28-25-20-18-16-14-12-10-8-6-4-2/h6,8,12,14,18,20,28,30,47H,3-5,7,9-11,13,15-17,19,21-27,29,31-46,50H2,1-2H3,(H,53,54)/b8-6-,14-12-,20-18-,30-28-/t47-/m1/s1. The van der Waals surface area contributed by atoms with Crippen molar-refractivity contribution >= 4 is 19.8 Å². The van der Waals surface area contributed by atoms with Crippen LogP contribution in [0.15, 0.2) is 48.6 Å². The zero-order valence-corrected chi connectivity index (χ0v) is 38.9. The fraction of sp³-hybridized carbons (Fsp3) is 0.796. The van der Waals surface area contributed by atoms with Crippen LogP contribution in [0.3, 0.4) is 0 Å². The SMILES string of the molecule is CC/C=C\C/C=C\C/C=C\C/C=C\CCCCCCC(=O)O[C@H](COC(=O)CCCCCCCCCCCCCCCCCCCCCCC)COP(=O)(O)OCCN. The highest BCUT2D eigenvalue weighted by molar-refractivity contribution is 7.47. The number of nitrogens with two attached hydrogens (primary N) is 1. The van der Waals surface area contributed by atoms with Crippen LogP contribution in [0.2, 0.25) is 0 Å². The smallest absolute Gasteiger partial charge is 0.462 e. The molecule has 2 atom stereocenters. The molecule has 344 valence electrons. The van der Waals surface area contributed by atoms with E-state index in [9.17, 15) is 19.0 Å². The van der Waals surface area contributed by atoms with Crippen molar-refractivity contribution in [3.63, 3.8) is 0 Å². The normalized spacial score (nSPS) is 13.6. The van der Waals surface area contributed by atoms with E-state index in [1.165, 1.54) is 116 Å². The Morgan fingerprint density at radius 3 is 1.39 bits per heavy atom. The fourth-order valence-electron chi connectivity index (χ4n) is 6.69. The monoisotopic (exact) mass is 852 g/mol. The topological polar surface area (TPSA) is 134 Å². The van der Waals surface area contributed by atoms with Gasteiger partial charge in [-0.15, -0.1) is 0 Å². The third-order valence-electron chi connectivity index (χ3n) is 10.2. The van der Waals surface area contributed by atoms with Crippen LogP contribution in [0.1, 0.15) is 219 Å². The van der Waals surface area contributed by atoms with Gasteiger partial charge in [-0.1, -0.05) is 204 Å². The molecule has 0 amide bonds. The van der Waals surface area contributed by atoms with Crippen LogP contribution in [0.25, 0.3) is 0 Å². The molecule has 3 N–H and O–H groups in total. The molecule has 0 spiro atoms. The Labute approximate surface area is 362 Å². The van der Waals surface area contributed by atoms with Gasteiger partial charge in [0, 0.05) is 19.4 Å². The lowest BCUT2D eigenvalue weighted by Gasteiger charge is -2.19. The van der Waals surface area contributed by atoms with Gasteiger partial charge in [-0.3, -0.25) is 18.6 Å². The number of unbranched alkanes of at least 4 members (excludes halogenated alkanes) is 24. The second-order valence-corrected chi connectivity index (χ2v) is 17.4. The Morgan fingerprint density at radius 1 is 0.525 bits per heavy atom. The van der Waals surface area contributed by atoms with Gasteiger partial charge in [-0.25, -0.2) is 4.57 Å². The molecule has 0 aromatic carbocycles. The summed E-state index contributed by atoms with van der Waals surface area (Å²) in [6.45, 7) is 3.62. The number of carbonyl (C=O) groups is 2. The van der Waals surface area contributed by atoms with Crippen LogP contribution in [0.4, 0.5) is 0 Å². The van der Waals surface area contributed by atoms with E-state index < -0.39 is 26.5 Å². The van der Waals surface area contributed by atoms with E-state index >= 15 is 0 Å². The van der Waals surface area contributed by atoms with Crippen LogP contribution in [0, 0.1) is 0 Å². The highest BCUT2D eigenvalue weighted by Crippen LogP contribution is 2.43. The molecular weight excluding hydrogens is 762 g/mol. The first-order valence-corrected chi connectivity index (χ1v) is 25.6. The highest BCUT2D eigenvalue weighted by Gasteiger charge is 2.26. The molecule has 10 heteroatoms. The molecule has 1 unspecified atom stereocenters. The molecule has 0 heterocycles. The Balaban J connectivity index is 4.08. The third kappa shape index (κ3) is 45.3. The van der Waals surface area contributed by atoms with Crippen molar-refractivity contribution in [2.75, 3.05) is 26.4 Å². The number of hydrogen-bond acceptors (Lipinski definition) is 8. The van der Waals surface area contributed by atoms with Gasteiger partial charge >= 0.3 is 19.8 Å². The number of phosphoric acid groups is 1. The number of allylic oxidation sites excluding steroid dienone is 8. The molecule has 0 aliphatic heterocycles. The molecule has 0 aromatic heterocycles. The van der Waals surface area contributed by atoms with E-state index in [-0.39, 0.29) is 38.6 Å². The minimum atomic E-state index is -4.39. The molecule has 0 fully saturated rings. The molecule has 0 aliphatic carbocycles. The van der Waals surface area contributed by atoms with E-state index in [2.05, 4.69) is 62.5 Å². The first kappa shape index (κ1) is 57.0. The van der Waals surface area contributed by atoms with Crippen molar-refractivity contribution in [2.45, 2.75) is 225 Å². The number of hydrogen-bond donors (Lipinski definition) is 2. The number of esters is 2. The lowest BCUT2D eigenvalue weighted by Crippen LogP contribution is -2.29. The number of ether oxygens (including phenoxy) is 2. The maximum atomic E-state index is 12.6. The van der Waals surface area contributed by atoms with Crippen molar-refractivity contribution in [1.29, 1.82) is 0 Å². The van der Waals surface area contributed by atoms with Crippen LogP contribution in [0.5, 0.6) is 0 Å². The second kappa shape index (κ2) is 45.5. The number of rotatable bonds is 45. The fourth-order valence-corrected chi connectivity index (χ4v) is 7.45. The summed E-state index contributed by atoms with van der Waals surface area (Å²) in [5.74, 6) is -0.850. The molecular formula is C49H90NO8P. The molecule has 0 radical (unpaired) electrons. The first-order chi connectivity index (χ1) is 28.8. The quantitative estimate of drug-likeness (QED) is 0.0266. The Morgan fingerprint density at radius 2 is 0.932 bits per heavy atom. The average Bonchev–Trinajstić information content (AvgIpc) is 3.22. The number of carbonyl (C=O) groups excluding carboxylic acids is 2. The van der Waals surface area contributed by atoms with Gasteiger partial charge in [0.2, 0.25) is 0 Å². The Hall–Kier alpha value is -2.03. The van der Waals surface area contributed by atoms with Gasteiger partial charge in [0.25, 0.3) is 0 Å². The average molecular weight is 852 g/mol. The van der Waals surface area contributed by atoms with Crippen molar-refractivity contribution in [2.24, 2.45) is 5.73 Å². The van der Waals surface area contributed by atoms with Crippen LogP contribution in [-0.2, 0) is 32.7 Å². The van der Waals surface area contributed by atoms with Crippen molar-refractivity contribution in [3.05, 3.63) is 48.6 Å². The first-order valence-electron chi connectivity index (χ1n) is 24.1. The van der Waals surface area contributed by atoms with E-state index in [0.29, 0.717) is 6.42 Å². The zero-order chi connectivity index (χ0) is 43.2. The molecule has 0 bridgehead atoms. The van der Waals surface area contributed by atoms with E-state index in [4.69, 9.17) is 24.3 Å². The largest absolute Gasteiger partial charge is 0.472 e. The summed E-state index contributed by atoms with van der Waals surface area (Å²) in [5, 5.41) is 0. The molecule has 0 saturated heterocycles. The van der Waals surface area contributed by atoms with Crippen LogP contribution in [-0.4, -0.2) is 49.3 Å². The molecule has 9 nitrogen and oxygen atoms in total. The van der Waals surface area contributed by atoms with Gasteiger partial charge in [-0.2, -0.15) is 0 Å². The summed E-state index contributed by atoms with van der Waals surface area (Å²) in [5.41, 5.74) is 5.36. The Bertz CT molecular complexity index is 1110. The highest BCUT2D eigenvalue weighted by atomic mass is 31.2. The number of phosphoric ester groups is 1.